The van der Waals surface area contributed by atoms with Crippen LogP contribution in [0, 0.1) is 0 Å². The molecule has 0 amide bonds. The average Bonchev–Trinajstić information content (AvgIpc) is 2.37. The van der Waals surface area contributed by atoms with E-state index in [1.807, 2.05) is 0 Å². The number of hydrogen-bond donors (Lipinski definition) is 2. The monoisotopic (exact) mass is 155 g/mol. The number of aromatic nitrogens is 1. The molecule has 0 saturated heterocycles. The predicted octanol–water partition coefficient (Wildman–Crippen LogP) is 0.756. The molecule has 1 heterocycles. The Balaban J connectivity index is 2.27. The number of anilines is 1. The van der Waals surface area contributed by atoms with Crippen LogP contribution in [0.15, 0.2) is 10.7 Å². The van der Waals surface area contributed by atoms with Crippen molar-refractivity contribution in [2.45, 2.75) is 19.9 Å². The lowest BCUT2D eigenvalue weighted by Gasteiger charge is -1.96. The van der Waals surface area contributed by atoms with Gasteiger partial charge in [-0.2, -0.15) is 4.98 Å². The third-order valence-corrected chi connectivity index (χ3v) is 1.30. The second-order valence-corrected chi connectivity index (χ2v) is 2.35. The number of rotatable bonds is 4. The van der Waals surface area contributed by atoms with E-state index in [2.05, 4.69) is 17.2 Å². The van der Waals surface area contributed by atoms with E-state index in [4.69, 9.17) is 10.2 Å². The lowest BCUT2D eigenvalue weighted by Crippen LogP contribution is -2.13. The second kappa shape index (κ2) is 3.98. The van der Waals surface area contributed by atoms with Crippen LogP contribution in [0.1, 0.15) is 19.0 Å². The molecule has 0 unspecified atom stereocenters. The summed E-state index contributed by atoms with van der Waals surface area (Å²) in [6, 6.07) is 0.235. The SMILES string of the molecule is CCCNCc1coc(N)n1. The van der Waals surface area contributed by atoms with Crippen LogP contribution in [-0.4, -0.2) is 11.5 Å². The quantitative estimate of drug-likeness (QED) is 0.630. The third kappa shape index (κ3) is 2.59. The van der Waals surface area contributed by atoms with Crippen molar-refractivity contribution in [2.75, 3.05) is 12.3 Å². The zero-order chi connectivity index (χ0) is 8.10. The smallest absolute Gasteiger partial charge is 0.292 e. The van der Waals surface area contributed by atoms with E-state index in [9.17, 15) is 0 Å². The van der Waals surface area contributed by atoms with Crippen LogP contribution >= 0.6 is 0 Å². The zero-order valence-electron chi connectivity index (χ0n) is 6.63. The van der Waals surface area contributed by atoms with Crippen LogP contribution in [0.5, 0.6) is 0 Å². The highest BCUT2D eigenvalue weighted by molar-refractivity contribution is 5.12. The number of nitrogen functional groups attached to an aromatic ring is 1. The largest absolute Gasteiger partial charge is 0.432 e. The van der Waals surface area contributed by atoms with E-state index in [1.54, 1.807) is 6.26 Å². The summed E-state index contributed by atoms with van der Waals surface area (Å²) in [7, 11) is 0. The van der Waals surface area contributed by atoms with Gasteiger partial charge < -0.3 is 15.5 Å². The summed E-state index contributed by atoms with van der Waals surface area (Å²) in [6.07, 6.45) is 2.69. The summed E-state index contributed by atoms with van der Waals surface area (Å²) < 4.78 is 4.82. The van der Waals surface area contributed by atoms with Crippen molar-refractivity contribution in [1.82, 2.24) is 10.3 Å². The van der Waals surface area contributed by atoms with Crippen LogP contribution < -0.4 is 11.1 Å². The molecule has 0 aliphatic rings. The number of nitrogens with two attached hydrogens (primary N) is 1. The number of nitrogens with one attached hydrogen (secondary N) is 1. The average molecular weight is 155 g/mol. The van der Waals surface area contributed by atoms with Crippen molar-refractivity contribution in [3.63, 3.8) is 0 Å². The molecule has 4 nitrogen and oxygen atoms in total. The molecule has 0 radical (unpaired) electrons. The van der Waals surface area contributed by atoms with Crippen LogP contribution in [-0.2, 0) is 6.54 Å². The summed E-state index contributed by atoms with van der Waals surface area (Å²) in [4.78, 5) is 3.93. The summed E-state index contributed by atoms with van der Waals surface area (Å²) in [5, 5.41) is 3.19. The van der Waals surface area contributed by atoms with Gasteiger partial charge in [-0.15, -0.1) is 0 Å². The first kappa shape index (κ1) is 8.07. The fourth-order valence-corrected chi connectivity index (χ4v) is 0.797. The Morgan fingerprint density at radius 1 is 1.73 bits per heavy atom. The standard InChI is InChI=1S/C7H13N3O/c1-2-3-9-4-6-5-11-7(8)10-6/h5,9H,2-4H2,1H3,(H2,8,10). The highest BCUT2D eigenvalue weighted by atomic mass is 16.4. The first-order valence-electron chi connectivity index (χ1n) is 3.73. The maximum atomic E-state index is 5.28. The lowest BCUT2D eigenvalue weighted by molar-refractivity contribution is 0.575. The first-order chi connectivity index (χ1) is 5.33. The van der Waals surface area contributed by atoms with Gasteiger partial charge >= 0.3 is 0 Å². The molecular formula is C7H13N3O. The molecule has 0 bridgehead atoms. The van der Waals surface area contributed by atoms with Crippen molar-refractivity contribution in [1.29, 1.82) is 0 Å². The third-order valence-electron chi connectivity index (χ3n) is 1.30. The molecule has 3 N–H and O–H groups in total. The Labute approximate surface area is 65.8 Å². The molecular weight excluding hydrogens is 142 g/mol. The molecule has 0 spiro atoms. The van der Waals surface area contributed by atoms with Crippen molar-refractivity contribution in [3.05, 3.63) is 12.0 Å². The Morgan fingerprint density at radius 2 is 2.55 bits per heavy atom. The van der Waals surface area contributed by atoms with Gasteiger partial charge in [-0.05, 0) is 13.0 Å². The number of nitrogens with zero attached hydrogens (tertiary/aromatic N) is 1. The lowest BCUT2D eigenvalue weighted by atomic mass is 10.4. The van der Waals surface area contributed by atoms with E-state index in [0.717, 1.165) is 25.2 Å². The molecule has 1 aromatic heterocycles. The molecule has 0 aliphatic heterocycles. The van der Waals surface area contributed by atoms with Gasteiger partial charge in [0.25, 0.3) is 6.01 Å². The minimum absolute atomic E-state index is 0.235. The Kier molecular flexibility index (Phi) is 2.92. The van der Waals surface area contributed by atoms with Gasteiger partial charge in [0.1, 0.15) is 6.26 Å². The normalized spacial score (nSPS) is 10.3. The summed E-state index contributed by atoms with van der Waals surface area (Å²) in [6.45, 7) is 3.84. The minimum Gasteiger partial charge on any atom is -0.432 e. The van der Waals surface area contributed by atoms with Gasteiger partial charge in [-0.3, -0.25) is 0 Å². The van der Waals surface area contributed by atoms with Crippen molar-refractivity contribution in [2.24, 2.45) is 0 Å². The highest BCUT2D eigenvalue weighted by Crippen LogP contribution is 2.01. The van der Waals surface area contributed by atoms with Gasteiger partial charge in [-0.25, -0.2) is 0 Å². The second-order valence-electron chi connectivity index (χ2n) is 2.35. The zero-order valence-corrected chi connectivity index (χ0v) is 6.63. The first-order valence-corrected chi connectivity index (χ1v) is 3.73. The highest BCUT2D eigenvalue weighted by Gasteiger charge is 1.97. The molecule has 0 aromatic carbocycles. The van der Waals surface area contributed by atoms with Gasteiger partial charge in [-0.1, -0.05) is 6.92 Å². The molecule has 0 aliphatic carbocycles. The van der Waals surface area contributed by atoms with Crippen LogP contribution in [0.25, 0.3) is 0 Å². The van der Waals surface area contributed by atoms with E-state index >= 15 is 0 Å². The summed E-state index contributed by atoms with van der Waals surface area (Å²) in [5.74, 6) is 0. The molecule has 11 heavy (non-hydrogen) atoms. The maximum Gasteiger partial charge on any atom is 0.292 e. The number of oxazole rings is 1. The van der Waals surface area contributed by atoms with Crippen LogP contribution in [0.2, 0.25) is 0 Å². The van der Waals surface area contributed by atoms with Gasteiger partial charge in [0.2, 0.25) is 0 Å². The Bertz CT molecular complexity index is 209. The molecule has 62 valence electrons. The maximum absolute atomic E-state index is 5.28. The van der Waals surface area contributed by atoms with Crippen molar-refractivity contribution >= 4 is 6.01 Å². The summed E-state index contributed by atoms with van der Waals surface area (Å²) >= 11 is 0. The van der Waals surface area contributed by atoms with Crippen LogP contribution in [0.3, 0.4) is 0 Å². The van der Waals surface area contributed by atoms with Gasteiger partial charge in [0.05, 0.1) is 5.69 Å². The Morgan fingerprint density at radius 3 is 3.09 bits per heavy atom. The molecule has 4 heteroatoms. The fourth-order valence-electron chi connectivity index (χ4n) is 0.797. The van der Waals surface area contributed by atoms with Gasteiger partial charge in [0, 0.05) is 6.54 Å². The predicted molar refractivity (Wildman–Crippen MR) is 42.9 cm³/mol. The van der Waals surface area contributed by atoms with E-state index in [0.29, 0.717) is 0 Å². The molecule has 0 atom stereocenters. The topological polar surface area (TPSA) is 64.1 Å². The van der Waals surface area contributed by atoms with E-state index in [1.165, 1.54) is 0 Å². The number of hydrogen-bond acceptors (Lipinski definition) is 4. The molecule has 1 rings (SSSR count). The Hall–Kier alpha value is -1.03. The van der Waals surface area contributed by atoms with Crippen molar-refractivity contribution < 1.29 is 4.42 Å². The molecule has 0 saturated carbocycles. The van der Waals surface area contributed by atoms with Crippen LogP contribution in [0.4, 0.5) is 6.01 Å². The summed E-state index contributed by atoms with van der Waals surface area (Å²) in [5.41, 5.74) is 6.13. The van der Waals surface area contributed by atoms with Gasteiger partial charge in [0.15, 0.2) is 0 Å². The molecule has 1 aromatic rings. The minimum atomic E-state index is 0.235. The van der Waals surface area contributed by atoms with Crippen molar-refractivity contribution in [3.8, 4) is 0 Å². The van der Waals surface area contributed by atoms with E-state index < -0.39 is 0 Å². The fraction of sp³-hybridized carbons (Fsp3) is 0.571. The van der Waals surface area contributed by atoms with E-state index in [-0.39, 0.29) is 6.01 Å². The molecule has 0 fully saturated rings.